The number of nitrogens with zero attached hydrogens (tertiary/aromatic N) is 1. The van der Waals surface area contributed by atoms with E-state index >= 15 is 0 Å². The standard InChI is InChI=1S/C60H89N15O14/c1-33(2)27-38(52(82)70-43(18-12-26-66-59(62)64-5)54(84)72-45(51(61)81)30-39-31-67-42-17-10-9-16-41(39)42)15-11-25-65-53(83)46(28-36-13-7-6-8-14-36)73-58(88)50(34(3)76)75-57(87)48(32-68-60(63)89)74-55(85)44(23-24-49(79)80)71-56(86)47(69-35(4)77)29-37-19-21-40(78)22-20-37/h9-11,15-17,19-22,31,33-34,36,38,43-48,50,67,76,78H,6-8,12-14,18,23-30,32H2,1-5H3,(H2,61,81)(H,65,83)(H,69,77)(H,70,82)(H,71,86)(H,72,84)(H,73,88)(H,74,85)(H,75,87)(H,79,80)(H3,62,64,66)(H3,63,68,89)/t34-,38+,43+,44+,45+,46+,47-,48+,50+/m1/s1. The predicted molar refractivity (Wildman–Crippen MR) is 329 cm³/mol. The summed E-state index contributed by atoms with van der Waals surface area (Å²) >= 11 is 0. The molecule has 1 aliphatic rings. The van der Waals surface area contributed by atoms with E-state index in [0.29, 0.717) is 24.9 Å². The van der Waals surface area contributed by atoms with Crippen molar-refractivity contribution in [2.24, 2.45) is 39.9 Å². The summed E-state index contributed by atoms with van der Waals surface area (Å²) in [6.07, 6.45) is 7.21. The minimum absolute atomic E-state index is 0.00532. The molecule has 2 aromatic carbocycles. The molecule has 29 nitrogen and oxygen atoms in total. The smallest absolute Gasteiger partial charge is 0.312 e. The number of carboxylic acids is 1. The van der Waals surface area contributed by atoms with E-state index in [9.17, 15) is 68.1 Å². The van der Waals surface area contributed by atoms with Crippen LogP contribution in [0.3, 0.4) is 0 Å². The monoisotopic (exact) mass is 1240 g/mol. The van der Waals surface area contributed by atoms with Crippen molar-refractivity contribution < 1.29 is 68.1 Å². The molecule has 0 saturated heterocycles. The highest BCUT2D eigenvalue weighted by molar-refractivity contribution is 5.97. The number of phenols is 1. The fourth-order valence-electron chi connectivity index (χ4n) is 10.2. The predicted octanol–water partition coefficient (Wildman–Crippen LogP) is -0.909. The molecular formula is C60H89N15O14. The van der Waals surface area contributed by atoms with Gasteiger partial charge in [0.2, 0.25) is 53.2 Å². The summed E-state index contributed by atoms with van der Waals surface area (Å²) in [4.78, 5) is 154. The lowest BCUT2D eigenvalue weighted by molar-refractivity contribution is -0.138. The number of hydrogen-bond acceptors (Lipinski definition) is 14. The lowest BCUT2D eigenvalue weighted by atomic mass is 9.84. The second kappa shape index (κ2) is 36.8. The number of phenolic OH excluding ortho intramolecular Hbond substituents is 1. The van der Waals surface area contributed by atoms with E-state index in [-0.39, 0.29) is 55.8 Å². The van der Waals surface area contributed by atoms with Gasteiger partial charge in [-0.05, 0) is 80.2 Å². The molecule has 9 atom stereocenters. The molecule has 3 aromatic rings. The van der Waals surface area contributed by atoms with Gasteiger partial charge >= 0.3 is 12.0 Å². The quantitative estimate of drug-likeness (QED) is 0.0145. The second-order valence-corrected chi connectivity index (χ2v) is 22.6. The summed E-state index contributed by atoms with van der Waals surface area (Å²) < 4.78 is 0. The van der Waals surface area contributed by atoms with E-state index in [1.54, 1.807) is 18.3 Å². The number of amides is 11. The molecule has 1 aromatic heterocycles. The van der Waals surface area contributed by atoms with Crippen molar-refractivity contribution in [3.63, 3.8) is 0 Å². The number of nitrogens with two attached hydrogens (primary N) is 3. The van der Waals surface area contributed by atoms with E-state index in [1.165, 1.54) is 38.2 Å². The van der Waals surface area contributed by atoms with Crippen LogP contribution < -0.4 is 70.4 Å². The van der Waals surface area contributed by atoms with Gasteiger partial charge in [-0.3, -0.25) is 52.9 Å². The van der Waals surface area contributed by atoms with Crippen LogP contribution in [0.4, 0.5) is 4.79 Å². The normalized spacial score (nSPS) is 15.7. The van der Waals surface area contributed by atoms with E-state index in [4.69, 9.17) is 17.2 Å². The van der Waals surface area contributed by atoms with Gasteiger partial charge in [0.1, 0.15) is 48.0 Å². The van der Waals surface area contributed by atoms with Crippen LogP contribution in [-0.2, 0) is 60.8 Å². The van der Waals surface area contributed by atoms with Gasteiger partial charge in [-0.2, -0.15) is 0 Å². The topological polar surface area (TPSA) is 475 Å². The fraction of sp³-hybridized carbons (Fsp3) is 0.533. The number of carboxylic acid groups (broad SMARTS) is 1. The molecule has 29 heteroatoms. The van der Waals surface area contributed by atoms with E-state index in [2.05, 4.69) is 63.1 Å². The number of aliphatic carboxylic acids is 1. The lowest BCUT2D eigenvalue weighted by Gasteiger charge is -2.30. The SMILES string of the molecule is CN=C(N)NCCC[C@H](NC(=O)[C@@H](C=CCNC(=O)[C@H](CC1CCCCC1)NC(=O)[C@@H](NC(=O)[C@H](CNC(N)=O)NC(=O)[C@H](CCC(=O)O)NC(=O)[C@@H](Cc1ccc(O)cc1)NC(C)=O)[C@@H](C)O)CC(C)C)C(=O)N[C@@H](Cc1c[nH]c2ccccc12)C(N)=O. The minimum Gasteiger partial charge on any atom is -0.508 e. The van der Waals surface area contributed by atoms with Crippen LogP contribution in [0.5, 0.6) is 5.75 Å². The van der Waals surface area contributed by atoms with E-state index in [0.717, 1.165) is 55.5 Å². The Morgan fingerprint density at radius 1 is 0.674 bits per heavy atom. The zero-order chi connectivity index (χ0) is 65.7. The van der Waals surface area contributed by atoms with Crippen LogP contribution >= 0.6 is 0 Å². The van der Waals surface area contributed by atoms with Crippen molar-refractivity contribution in [3.05, 3.63) is 78.0 Å². The van der Waals surface area contributed by atoms with Gasteiger partial charge in [0.05, 0.1) is 12.0 Å². The average molecular weight is 1240 g/mol. The molecule has 11 amide bonds. The molecule has 1 aliphatic carbocycles. The van der Waals surface area contributed by atoms with Gasteiger partial charge in [-0.25, -0.2) is 4.79 Å². The lowest BCUT2D eigenvalue weighted by Crippen LogP contribution is -2.63. The third-order valence-electron chi connectivity index (χ3n) is 14.9. The first-order valence-electron chi connectivity index (χ1n) is 29.8. The first-order chi connectivity index (χ1) is 42.2. The number of aliphatic hydroxyl groups excluding tert-OH is 1. The largest absolute Gasteiger partial charge is 0.508 e. The van der Waals surface area contributed by atoms with E-state index < -0.39 is 139 Å². The number of para-hydroxylation sites is 1. The van der Waals surface area contributed by atoms with Gasteiger partial charge in [-0.1, -0.05) is 88.4 Å². The fourth-order valence-corrected chi connectivity index (χ4v) is 10.2. The molecule has 0 unspecified atom stereocenters. The van der Waals surface area contributed by atoms with E-state index in [1.807, 2.05) is 38.1 Å². The number of benzene rings is 2. The molecule has 0 aliphatic heterocycles. The number of rotatable bonds is 36. The first kappa shape index (κ1) is 72.2. The molecule has 89 heavy (non-hydrogen) atoms. The van der Waals surface area contributed by atoms with Crippen LogP contribution in [-0.4, -0.2) is 167 Å². The summed E-state index contributed by atoms with van der Waals surface area (Å²) in [7, 11) is 1.51. The Balaban J connectivity index is 1.51. The van der Waals surface area contributed by atoms with Crippen molar-refractivity contribution in [2.45, 2.75) is 160 Å². The maximum Gasteiger partial charge on any atom is 0.312 e. The number of aliphatic hydroxyl groups is 1. The summed E-state index contributed by atoms with van der Waals surface area (Å²) in [6, 6.07) is 1.99. The van der Waals surface area contributed by atoms with Crippen molar-refractivity contribution in [1.82, 2.24) is 58.2 Å². The van der Waals surface area contributed by atoms with Crippen molar-refractivity contribution >= 4 is 82.0 Å². The Bertz CT molecular complexity index is 2960. The summed E-state index contributed by atoms with van der Waals surface area (Å²) in [5, 5.41) is 56.8. The van der Waals surface area contributed by atoms with Crippen LogP contribution in [0.15, 0.2) is 71.9 Å². The molecular weight excluding hydrogens is 1150 g/mol. The first-order valence-corrected chi connectivity index (χ1v) is 29.8. The molecule has 1 fully saturated rings. The number of hydrogen-bond donors (Lipinski definition) is 17. The average Bonchev–Trinajstić information content (AvgIpc) is 2.56. The van der Waals surface area contributed by atoms with Crippen LogP contribution in [0.25, 0.3) is 10.9 Å². The van der Waals surface area contributed by atoms with Crippen LogP contribution in [0, 0.1) is 17.8 Å². The van der Waals surface area contributed by atoms with Crippen LogP contribution in [0.1, 0.15) is 109 Å². The molecule has 20 N–H and O–H groups in total. The van der Waals surface area contributed by atoms with Gasteiger partial charge in [-0.15, -0.1) is 0 Å². The molecule has 1 saturated carbocycles. The number of carbonyl (C=O) groups excluding carboxylic acids is 10. The molecule has 4 rings (SSSR count). The second-order valence-electron chi connectivity index (χ2n) is 22.6. The highest BCUT2D eigenvalue weighted by Gasteiger charge is 2.36. The zero-order valence-corrected chi connectivity index (χ0v) is 51.0. The molecule has 488 valence electrons. The Morgan fingerprint density at radius 2 is 1.28 bits per heavy atom. The third kappa shape index (κ3) is 25.5. The number of nitrogens with one attached hydrogen (secondary N) is 11. The van der Waals surface area contributed by atoms with Gasteiger partial charge < -0.3 is 90.7 Å². The summed E-state index contributed by atoms with van der Waals surface area (Å²) in [5.74, 6) is -9.51. The number of aromatic amines is 1. The Labute approximate surface area is 516 Å². The van der Waals surface area contributed by atoms with Crippen LogP contribution in [0.2, 0.25) is 0 Å². The van der Waals surface area contributed by atoms with Gasteiger partial charge in [0, 0.05) is 70.0 Å². The number of carbonyl (C=O) groups is 11. The number of urea groups is 1. The molecule has 0 spiro atoms. The maximum absolute atomic E-state index is 14.2. The zero-order valence-electron chi connectivity index (χ0n) is 51.0. The highest BCUT2D eigenvalue weighted by atomic mass is 16.4. The number of fused-ring (bicyclic) bond motifs is 1. The molecule has 0 bridgehead atoms. The molecule has 0 radical (unpaired) electrons. The Kier molecular flexibility index (Phi) is 29.8. The number of aromatic hydroxyl groups is 1. The van der Waals surface area contributed by atoms with Crippen molar-refractivity contribution in [2.75, 3.05) is 26.7 Å². The number of primary amides is 2. The maximum atomic E-state index is 14.2. The van der Waals surface area contributed by atoms with Crippen molar-refractivity contribution in [3.8, 4) is 5.75 Å². The number of aromatic nitrogens is 1. The molecule has 1 heterocycles. The number of aliphatic imine (C=N–C) groups is 1. The number of guanidine groups is 1. The van der Waals surface area contributed by atoms with Crippen molar-refractivity contribution in [1.29, 1.82) is 0 Å². The third-order valence-corrected chi connectivity index (χ3v) is 14.9. The van der Waals surface area contributed by atoms with Gasteiger partial charge in [0.15, 0.2) is 5.96 Å². The highest BCUT2D eigenvalue weighted by Crippen LogP contribution is 2.28. The number of H-pyrrole nitrogens is 1. The van der Waals surface area contributed by atoms with Gasteiger partial charge in [0.25, 0.3) is 0 Å². The minimum atomic E-state index is -1.79. The summed E-state index contributed by atoms with van der Waals surface area (Å²) in [6.45, 7) is 5.60. The Morgan fingerprint density at radius 3 is 1.90 bits per heavy atom. The summed E-state index contributed by atoms with van der Waals surface area (Å²) in [5.41, 5.74) is 19.0. The Hall–Kier alpha value is -9.28.